The van der Waals surface area contributed by atoms with Crippen LogP contribution in [0, 0.1) is 35.5 Å². The molecule has 0 amide bonds. The number of carbonyl (C=O) groups excluding carboxylic acids is 12. The van der Waals surface area contributed by atoms with Gasteiger partial charge in [0.15, 0.2) is 0 Å². The van der Waals surface area contributed by atoms with E-state index < -0.39 is 35.8 Å². The van der Waals surface area contributed by atoms with E-state index in [9.17, 15) is 57.5 Å². The van der Waals surface area contributed by atoms with E-state index >= 15 is 0 Å². The Labute approximate surface area is 904 Å². The van der Waals surface area contributed by atoms with Gasteiger partial charge in [-0.1, -0.05) is 282 Å². The van der Waals surface area contributed by atoms with Crippen molar-refractivity contribution >= 4 is 142 Å². The summed E-state index contributed by atoms with van der Waals surface area (Å²) in [5, 5.41) is 0. The van der Waals surface area contributed by atoms with Crippen LogP contribution in [0.2, 0.25) is 0 Å². The van der Waals surface area contributed by atoms with Gasteiger partial charge >= 0.3 is 71.6 Å². The monoisotopic (exact) mass is 2170 g/mol. The van der Waals surface area contributed by atoms with E-state index in [1.54, 1.807) is 70.6 Å². The van der Waals surface area contributed by atoms with Crippen LogP contribution < -0.4 is 0 Å². The van der Waals surface area contributed by atoms with Crippen LogP contribution in [0.15, 0.2) is 0 Å². The third-order valence-electron chi connectivity index (χ3n) is 24.7. The fourth-order valence-corrected chi connectivity index (χ4v) is 21.6. The van der Waals surface area contributed by atoms with E-state index in [0.717, 1.165) is 79.5 Å². The van der Waals surface area contributed by atoms with Crippen LogP contribution in [0.25, 0.3) is 0 Å². The van der Waals surface area contributed by atoms with E-state index in [4.69, 9.17) is 56.8 Å². The summed E-state index contributed by atoms with van der Waals surface area (Å²) < 4.78 is 67.0. The van der Waals surface area contributed by atoms with Gasteiger partial charge in [-0.2, -0.15) is 70.6 Å². The smallest absolute Gasteiger partial charge is 0.309 e. The van der Waals surface area contributed by atoms with Crippen molar-refractivity contribution in [3.05, 3.63) is 0 Å². The van der Waals surface area contributed by atoms with Crippen LogP contribution in [-0.4, -0.2) is 318 Å². The Balaban J connectivity index is 7.25. The molecular weight excluding hydrogens is 1970 g/mol. The fourth-order valence-electron chi connectivity index (χ4n) is 15.2. The van der Waals surface area contributed by atoms with Gasteiger partial charge in [-0.25, -0.2) is 0 Å². The van der Waals surface area contributed by atoms with Gasteiger partial charge in [0.1, 0.15) is 79.3 Å². The Kier molecular flexibility index (Phi) is 101. The number of hydrogen-bond donors (Lipinski definition) is 0. The maximum absolute atomic E-state index is 13.8. The maximum Gasteiger partial charge on any atom is 0.309 e. The molecule has 0 rings (SSSR count). The standard InChI is InChI=1S/C111H204N4O24S6/c1-13-19-25-31-37-46-82-140-88-94(7)106(122)134-76-70-128-100(116)52-60-112(61-53-101(117)129-71-77-135-107(123)95(8)89-141-83-47-38-32-26-20-14-2)58-44-43-45-59-113(62-54-102(118)130-72-78-136-108(124)96(9)90-142-84-48-39-33-27-21-15-3)66-68-115(65-57-105(121)133-75-81-139-111(127)99(12)93-145-87-51-42-36-30-24-18-6)69-67-114(63-55-103(119)131-73-79-137-109(125)97(10)91-143-85-49-40-34-28-22-16-4)64-56-104(120)132-74-80-138-110(126)98(11)92-144-86-50-41-35-29-23-17-5/h94-99H,13-93H2,1-12H3. The normalized spacial score (nSPS) is 12.7. The first-order valence-corrected chi connectivity index (χ1v) is 63.6. The van der Waals surface area contributed by atoms with Crippen LogP contribution in [0.5, 0.6) is 0 Å². The molecule has 28 nitrogen and oxygen atoms in total. The van der Waals surface area contributed by atoms with Crippen LogP contribution >= 0.6 is 70.6 Å². The van der Waals surface area contributed by atoms with Crippen molar-refractivity contribution in [3.63, 3.8) is 0 Å². The topological polar surface area (TPSA) is 329 Å². The van der Waals surface area contributed by atoms with Crippen molar-refractivity contribution in [3.8, 4) is 0 Å². The Bertz CT molecular complexity index is 3060. The molecule has 0 fully saturated rings. The first kappa shape index (κ1) is 141. The van der Waals surface area contributed by atoms with Gasteiger partial charge in [0.25, 0.3) is 0 Å². The second kappa shape index (κ2) is 104. The third-order valence-corrected chi connectivity index (χ3v) is 32.6. The summed E-state index contributed by atoms with van der Waals surface area (Å²) in [6.45, 7) is 26.3. The zero-order valence-corrected chi connectivity index (χ0v) is 97.7. The SMILES string of the molecule is CCCCCCCCSCC(C)C(=O)OCCOC(=O)CCN(CCCCCN(CCC(=O)OCCOC(=O)C(C)CSCCCCCCCC)CCN(CCC(=O)OCCOC(=O)C(C)CSCCCCCCCC)CCN(CCC(=O)OCCOC(=O)C(C)CSCCCCCCCC)CCC(=O)OCCOC(=O)C(C)CSCCCCCCCC)CCC(=O)OCCOC(=O)C(C)CSCCCCCCCC. The Morgan fingerprint density at radius 2 is 0.297 bits per heavy atom. The number of ether oxygens (including phenoxy) is 12. The van der Waals surface area contributed by atoms with Gasteiger partial charge in [0.05, 0.1) is 74.0 Å². The molecule has 145 heavy (non-hydrogen) atoms. The predicted octanol–water partition coefficient (Wildman–Crippen LogP) is 22.6. The molecule has 0 radical (unpaired) electrons. The van der Waals surface area contributed by atoms with E-state index in [-0.39, 0.29) is 235 Å². The average Bonchev–Trinajstić information content (AvgIpc) is 0.926. The lowest BCUT2D eigenvalue weighted by atomic mass is 10.1. The molecule has 0 saturated heterocycles. The number of thioether (sulfide) groups is 6. The summed E-state index contributed by atoms with van der Waals surface area (Å²) in [7, 11) is 0. The molecule has 6 unspecified atom stereocenters. The summed E-state index contributed by atoms with van der Waals surface area (Å²) in [6.07, 6.45) is 44.6. The molecule has 0 aliphatic heterocycles. The highest BCUT2D eigenvalue weighted by atomic mass is 32.2. The van der Waals surface area contributed by atoms with Crippen LogP contribution in [0.1, 0.15) is 372 Å². The van der Waals surface area contributed by atoms with Crippen molar-refractivity contribution in [1.82, 2.24) is 19.6 Å². The van der Waals surface area contributed by atoms with E-state index in [2.05, 4.69) is 51.3 Å². The molecule has 0 N–H and O–H groups in total. The number of rotatable bonds is 108. The minimum absolute atomic E-state index is 0.0145. The second-order valence-corrected chi connectivity index (χ2v) is 45.6. The highest BCUT2D eigenvalue weighted by Crippen LogP contribution is 2.23. The van der Waals surface area contributed by atoms with Gasteiger partial charge in [-0.05, 0) is 99.0 Å². The van der Waals surface area contributed by atoms with Crippen LogP contribution in [-0.2, 0) is 114 Å². The Morgan fingerprint density at radius 1 is 0.166 bits per heavy atom. The lowest BCUT2D eigenvalue weighted by molar-refractivity contribution is -0.154. The quantitative estimate of drug-likeness (QED) is 0.0310. The lowest BCUT2D eigenvalue weighted by Gasteiger charge is -2.30. The second-order valence-electron chi connectivity index (χ2n) is 38.7. The van der Waals surface area contributed by atoms with Crippen LogP contribution in [0.4, 0.5) is 0 Å². The molecular formula is C111H204N4O24S6. The van der Waals surface area contributed by atoms with Crippen molar-refractivity contribution in [2.45, 2.75) is 372 Å². The molecule has 0 spiro atoms. The summed E-state index contributed by atoms with van der Waals surface area (Å²) in [4.78, 5) is 168. The average molecular weight is 2170 g/mol. The highest BCUT2D eigenvalue weighted by Gasteiger charge is 2.25. The number of unbranched alkanes of at least 4 members (excludes halogenated alkanes) is 32. The maximum atomic E-state index is 13.8. The Hall–Kier alpha value is -4.42. The van der Waals surface area contributed by atoms with Crippen molar-refractivity contribution in [2.75, 3.05) is 227 Å². The molecule has 34 heteroatoms. The van der Waals surface area contributed by atoms with Gasteiger partial charge < -0.3 is 76.4 Å². The molecule has 848 valence electrons. The zero-order chi connectivity index (χ0) is 107. The molecule has 0 aliphatic rings. The minimum atomic E-state index is -0.548. The lowest BCUT2D eigenvalue weighted by Crippen LogP contribution is -2.42. The van der Waals surface area contributed by atoms with E-state index in [1.807, 2.05) is 51.3 Å². The molecule has 0 bridgehead atoms. The van der Waals surface area contributed by atoms with Gasteiger partial charge in [-0.3, -0.25) is 57.5 Å². The summed E-state index contributed by atoms with van der Waals surface area (Å²) >= 11 is 10.4. The van der Waals surface area contributed by atoms with Crippen molar-refractivity contribution in [1.29, 1.82) is 0 Å². The van der Waals surface area contributed by atoms with Gasteiger partial charge in [-0.15, -0.1) is 0 Å². The van der Waals surface area contributed by atoms with Crippen molar-refractivity contribution < 1.29 is 114 Å². The largest absolute Gasteiger partial charge is 0.462 e. The molecule has 0 aromatic heterocycles. The highest BCUT2D eigenvalue weighted by molar-refractivity contribution is 8.00. The molecule has 0 aromatic carbocycles. The zero-order valence-electron chi connectivity index (χ0n) is 92.8. The molecule has 0 saturated carbocycles. The van der Waals surface area contributed by atoms with Crippen LogP contribution in [0.3, 0.4) is 0 Å². The molecule has 0 aromatic rings. The summed E-state index contributed by atoms with van der Waals surface area (Å²) in [5.41, 5.74) is 0. The third kappa shape index (κ3) is 91.9. The number of esters is 12. The number of nitrogens with zero attached hydrogens (tertiary/aromatic N) is 4. The van der Waals surface area contributed by atoms with Gasteiger partial charge in [0.2, 0.25) is 0 Å². The first-order valence-electron chi connectivity index (χ1n) is 56.6. The fraction of sp³-hybridized carbons (Fsp3) is 0.892. The minimum Gasteiger partial charge on any atom is -0.462 e. The number of carbonyl (C=O) groups is 12. The number of hydrogen-bond acceptors (Lipinski definition) is 34. The predicted molar refractivity (Wildman–Crippen MR) is 598 cm³/mol. The first-order chi connectivity index (χ1) is 70.3. The van der Waals surface area contributed by atoms with Crippen molar-refractivity contribution in [2.24, 2.45) is 35.5 Å². The van der Waals surface area contributed by atoms with E-state index in [1.165, 1.54) is 186 Å². The molecule has 6 atom stereocenters. The van der Waals surface area contributed by atoms with Gasteiger partial charge in [0, 0.05) is 100.0 Å². The summed E-state index contributed by atoms with van der Waals surface area (Å²) in [6, 6.07) is 0. The molecule has 0 aliphatic carbocycles. The molecule has 0 heterocycles. The summed E-state index contributed by atoms with van der Waals surface area (Å²) in [5.74, 6) is 2.36. The van der Waals surface area contributed by atoms with E-state index in [0.29, 0.717) is 86.5 Å². The Morgan fingerprint density at radius 3 is 0.469 bits per heavy atom.